The predicted molar refractivity (Wildman–Crippen MR) is 74.8 cm³/mol. The van der Waals surface area contributed by atoms with Gasteiger partial charge in [0.05, 0.1) is 6.61 Å². The molecule has 0 bridgehead atoms. The third kappa shape index (κ3) is 4.17. The van der Waals surface area contributed by atoms with Crippen molar-refractivity contribution in [3.63, 3.8) is 0 Å². The monoisotopic (exact) mass is 236 g/mol. The van der Waals surface area contributed by atoms with Gasteiger partial charge in [-0.3, -0.25) is 0 Å². The SMILES string of the molecule is CCCN(CCC)c1cc(N)cc(OCC)c1. The van der Waals surface area contributed by atoms with Gasteiger partial charge in [-0.15, -0.1) is 0 Å². The molecule has 0 aromatic heterocycles. The summed E-state index contributed by atoms with van der Waals surface area (Å²) in [5, 5.41) is 0. The molecule has 17 heavy (non-hydrogen) atoms. The van der Waals surface area contributed by atoms with Gasteiger partial charge in [-0.2, -0.15) is 0 Å². The van der Waals surface area contributed by atoms with Crippen molar-refractivity contribution in [3.05, 3.63) is 18.2 Å². The number of benzene rings is 1. The molecule has 0 saturated carbocycles. The zero-order valence-electron chi connectivity index (χ0n) is 11.2. The Labute approximate surface area is 105 Å². The van der Waals surface area contributed by atoms with E-state index in [-0.39, 0.29) is 0 Å². The summed E-state index contributed by atoms with van der Waals surface area (Å²) in [6, 6.07) is 5.97. The van der Waals surface area contributed by atoms with Gasteiger partial charge in [0, 0.05) is 36.6 Å². The van der Waals surface area contributed by atoms with Crippen LogP contribution in [-0.4, -0.2) is 19.7 Å². The van der Waals surface area contributed by atoms with Gasteiger partial charge in [0.2, 0.25) is 0 Å². The van der Waals surface area contributed by atoms with Crippen molar-refractivity contribution in [3.8, 4) is 5.75 Å². The number of nitrogens with zero attached hydrogens (tertiary/aromatic N) is 1. The van der Waals surface area contributed by atoms with E-state index in [0.717, 1.165) is 43.1 Å². The molecule has 0 unspecified atom stereocenters. The van der Waals surface area contributed by atoms with Crippen molar-refractivity contribution in [2.75, 3.05) is 30.3 Å². The number of hydrogen-bond acceptors (Lipinski definition) is 3. The van der Waals surface area contributed by atoms with Crippen LogP contribution in [0.1, 0.15) is 33.6 Å². The maximum atomic E-state index is 5.91. The average molecular weight is 236 g/mol. The Hall–Kier alpha value is -1.38. The molecule has 96 valence electrons. The lowest BCUT2D eigenvalue weighted by molar-refractivity contribution is 0.340. The first-order valence-corrected chi connectivity index (χ1v) is 6.49. The first-order valence-electron chi connectivity index (χ1n) is 6.49. The molecular weight excluding hydrogens is 212 g/mol. The average Bonchev–Trinajstić information content (AvgIpc) is 2.28. The van der Waals surface area contributed by atoms with Gasteiger partial charge in [0.25, 0.3) is 0 Å². The van der Waals surface area contributed by atoms with E-state index in [1.807, 2.05) is 19.1 Å². The summed E-state index contributed by atoms with van der Waals surface area (Å²) in [7, 11) is 0. The standard InChI is InChI=1S/C14H24N2O/c1-4-7-16(8-5-2)13-9-12(15)10-14(11-13)17-6-3/h9-11H,4-8,15H2,1-3H3. The van der Waals surface area contributed by atoms with Gasteiger partial charge in [0.15, 0.2) is 0 Å². The number of ether oxygens (including phenoxy) is 1. The van der Waals surface area contributed by atoms with Crippen LogP contribution in [0.2, 0.25) is 0 Å². The fraction of sp³-hybridized carbons (Fsp3) is 0.571. The van der Waals surface area contributed by atoms with Crippen LogP contribution in [0.15, 0.2) is 18.2 Å². The minimum atomic E-state index is 0.671. The third-order valence-electron chi connectivity index (χ3n) is 2.58. The highest BCUT2D eigenvalue weighted by atomic mass is 16.5. The van der Waals surface area contributed by atoms with E-state index in [9.17, 15) is 0 Å². The zero-order valence-corrected chi connectivity index (χ0v) is 11.2. The quantitative estimate of drug-likeness (QED) is 0.738. The van der Waals surface area contributed by atoms with E-state index in [2.05, 4.69) is 24.8 Å². The number of anilines is 2. The van der Waals surface area contributed by atoms with Crippen LogP contribution < -0.4 is 15.4 Å². The molecule has 0 aliphatic carbocycles. The molecule has 3 heteroatoms. The molecule has 0 aliphatic heterocycles. The van der Waals surface area contributed by atoms with E-state index in [1.54, 1.807) is 0 Å². The lowest BCUT2D eigenvalue weighted by Gasteiger charge is -2.24. The number of hydrogen-bond donors (Lipinski definition) is 1. The molecule has 1 aromatic rings. The normalized spacial score (nSPS) is 10.3. The molecule has 0 atom stereocenters. The first-order chi connectivity index (χ1) is 8.21. The van der Waals surface area contributed by atoms with Crippen molar-refractivity contribution in [2.45, 2.75) is 33.6 Å². The predicted octanol–water partition coefficient (Wildman–Crippen LogP) is 3.29. The van der Waals surface area contributed by atoms with E-state index in [4.69, 9.17) is 10.5 Å². The van der Waals surface area contributed by atoms with Crippen LogP contribution in [0, 0.1) is 0 Å². The van der Waals surface area contributed by atoms with E-state index in [1.165, 1.54) is 0 Å². The molecule has 0 saturated heterocycles. The Morgan fingerprint density at radius 3 is 2.24 bits per heavy atom. The number of rotatable bonds is 7. The Balaban J connectivity index is 2.92. The Morgan fingerprint density at radius 1 is 1.06 bits per heavy atom. The van der Waals surface area contributed by atoms with Crippen molar-refractivity contribution in [1.82, 2.24) is 0 Å². The second-order valence-corrected chi connectivity index (χ2v) is 4.18. The molecule has 1 aromatic carbocycles. The molecule has 0 aliphatic rings. The topological polar surface area (TPSA) is 38.5 Å². The fourth-order valence-corrected chi connectivity index (χ4v) is 1.95. The number of nitrogen functional groups attached to an aromatic ring is 1. The lowest BCUT2D eigenvalue weighted by Crippen LogP contribution is -2.24. The summed E-state index contributed by atoms with van der Waals surface area (Å²) in [6.45, 7) is 9.16. The van der Waals surface area contributed by atoms with Gasteiger partial charge in [-0.25, -0.2) is 0 Å². The van der Waals surface area contributed by atoms with Gasteiger partial charge in [-0.1, -0.05) is 13.8 Å². The smallest absolute Gasteiger partial charge is 0.123 e. The van der Waals surface area contributed by atoms with Gasteiger partial charge < -0.3 is 15.4 Å². The molecule has 2 N–H and O–H groups in total. The highest BCUT2D eigenvalue weighted by Gasteiger charge is 2.07. The second kappa shape index (κ2) is 7.05. The van der Waals surface area contributed by atoms with Crippen molar-refractivity contribution in [1.29, 1.82) is 0 Å². The summed E-state index contributed by atoms with van der Waals surface area (Å²) in [5.41, 5.74) is 7.84. The van der Waals surface area contributed by atoms with Crippen LogP contribution in [0.5, 0.6) is 5.75 Å². The van der Waals surface area contributed by atoms with Gasteiger partial charge >= 0.3 is 0 Å². The van der Waals surface area contributed by atoms with Crippen molar-refractivity contribution in [2.24, 2.45) is 0 Å². The minimum Gasteiger partial charge on any atom is -0.494 e. The van der Waals surface area contributed by atoms with Crippen LogP contribution in [0.25, 0.3) is 0 Å². The number of nitrogens with two attached hydrogens (primary N) is 1. The summed E-state index contributed by atoms with van der Waals surface area (Å²) in [4.78, 5) is 2.36. The van der Waals surface area contributed by atoms with Crippen LogP contribution in [0.3, 0.4) is 0 Å². The summed E-state index contributed by atoms with van der Waals surface area (Å²) >= 11 is 0. The molecule has 3 nitrogen and oxygen atoms in total. The largest absolute Gasteiger partial charge is 0.494 e. The Morgan fingerprint density at radius 2 is 1.71 bits per heavy atom. The first kappa shape index (κ1) is 13.7. The second-order valence-electron chi connectivity index (χ2n) is 4.18. The van der Waals surface area contributed by atoms with Crippen molar-refractivity contribution >= 4 is 11.4 Å². The fourth-order valence-electron chi connectivity index (χ4n) is 1.95. The molecule has 0 heterocycles. The van der Waals surface area contributed by atoms with Gasteiger partial charge in [0.1, 0.15) is 5.75 Å². The van der Waals surface area contributed by atoms with Crippen LogP contribution in [0.4, 0.5) is 11.4 Å². The van der Waals surface area contributed by atoms with Crippen LogP contribution >= 0.6 is 0 Å². The summed E-state index contributed by atoms with van der Waals surface area (Å²) in [6.07, 6.45) is 2.28. The Kier molecular flexibility index (Phi) is 5.67. The third-order valence-corrected chi connectivity index (χ3v) is 2.58. The van der Waals surface area contributed by atoms with Crippen molar-refractivity contribution < 1.29 is 4.74 Å². The molecule has 0 amide bonds. The molecular formula is C14H24N2O. The summed E-state index contributed by atoms with van der Waals surface area (Å²) < 4.78 is 5.53. The molecule has 1 rings (SSSR count). The molecule has 0 spiro atoms. The van der Waals surface area contributed by atoms with E-state index >= 15 is 0 Å². The Bertz CT molecular complexity index is 333. The molecule has 0 radical (unpaired) electrons. The van der Waals surface area contributed by atoms with E-state index in [0.29, 0.717) is 6.61 Å². The maximum absolute atomic E-state index is 5.91. The minimum absolute atomic E-state index is 0.671. The highest BCUT2D eigenvalue weighted by Crippen LogP contribution is 2.26. The van der Waals surface area contributed by atoms with E-state index < -0.39 is 0 Å². The maximum Gasteiger partial charge on any atom is 0.123 e. The summed E-state index contributed by atoms with van der Waals surface area (Å²) in [5.74, 6) is 0.861. The van der Waals surface area contributed by atoms with Crippen LogP contribution in [-0.2, 0) is 0 Å². The lowest BCUT2D eigenvalue weighted by atomic mass is 10.2. The highest BCUT2D eigenvalue weighted by molar-refractivity contribution is 5.60. The molecule has 0 fully saturated rings. The van der Waals surface area contributed by atoms with Gasteiger partial charge in [-0.05, 0) is 25.8 Å². The zero-order chi connectivity index (χ0) is 12.7.